The van der Waals surface area contributed by atoms with Gasteiger partial charge in [0, 0.05) is 5.69 Å². The Hall–Kier alpha value is -2.60. The first-order valence-corrected chi connectivity index (χ1v) is 6.11. The van der Waals surface area contributed by atoms with Gasteiger partial charge in [0.2, 0.25) is 0 Å². The highest BCUT2D eigenvalue weighted by Crippen LogP contribution is 2.34. The molecule has 0 fully saturated rings. The summed E-state index contributed by atoms with van der Waals surface area (Å²) in [5.74, 6) is 5.32. The molecule has 6 nitrogen and oxygen atoms in total. The van der Waals surface area contributed by atoms with Gasteiger partial charge in [-0.15, -0.1) is 0 Å². The third-order valence-electron chi connectivity index (χ3n) is 3.03. The van der Waals surface area contributed by atoms with E-state index in [1.54, 1.807) is 18.2 Å². The molecule has 20 heavy (non-hydrogen) atoms. The summed E-state index contributed by atoms with van der Waals surface area (Å²) in [7, 11) is 0. The minimum absolute atomic E-state index is 0.0741. The highest BCUT2D eigenvalue weighted by atomic mass is 16.6. The maximum absolute atomic E-state index is 11.2. The molecule has 6 heteroatoms. The summed E-state index contributed by atoms with van der Waals surface area (Å²) in [6, 6.07) is 10.8. The van der Waals surface area contributed by atoms with Gasteiger partial charge >= 0.3 is 5.69 Å². The van der Waals surface area contributed by atoms with Gasteiger partial charge in [-0.1, -0.05) is 23.8 Å². The predicted octanol–water partition coefficient (Wildman–Crippen LogP) is 3.24. The van der Waals surface area contributed by atoms with E-state index >= 15 is 0 Å². The number of nitrogens with two attached hydrogens (primary N) is 1. The van der Waals surface area contributed by atoms with Crippen molar-refractivity contribution < 1.29 is 4.92 Å². The average molecular weight is 272 g/mol. The third-order valence-corrected chi connectivity index (χ3v) is 3.03. The molecule has 0 aliphatic heterocycles. The van der Waals surface area contributed by atoms with Crippen LogP contribution >= 0.6 is 0 Å². The van der Waals surface area contributed by atoms with Crippen molar-refractivity contribution in [2.45, 2.75) is 13.8 Å². The number of hydrogen-bond acceptors (Lipinski definition) is 5. The van der Waals surface area contributed by atoms with Crippen molar-refractivity contribution in [3.63, 3.8) is 0 Å². The van der Waals surface area contributed by atoms with Crippen LogP contribution < -0.4 is 16.6 Å². The van der Waals surface area contributed by atoms with E-state index in [9.17, 15) is 10.1 Å². The molecule has 2 aromatic rings. The summed E-state index contributed by atoms with van der Waals surface area (Å²) in [6.45, 7) is 3.95. The molecule has 0 aliphatic rings. The van der Waals surface area contributed by atoms with Crippen LogP contribution in [0.25, 0.3) is 0 Å². The lowest BCUT2D eigenvalue weighted by Crippen LogP contribution is -2.10. The number of nitrogen functional groups attached to an aromatic ring is 1. The fourth-order valence-electron chi connectivity index (χ4n) is 2.06. The summed E-state index contributed by atoms with van der Waals surface area (Å²) < 4.78 is 0. The summed E-state index contributed by atoms with van der Waals surface area (Å²) in [4.78, 5) is 10.7. The van der Waals surface area contributed by atoms with Crippen LogP contribution in [0.2, 0.25) is 0 Å². The number of nitro groups is 1. The SMILES string of the molecule is Cc1ccc(Nc2cccc(NN)c2[N+](=O)[O-])c(C)c1. The third kappa shape index (κ3) is 2.70. The van der Waals surface area contributed by atoms with Crippen molar-refractivity contribution in [1.29, 1.82) is 0 Å². The number of rotatable bonds is 4. The van der Waals surface area contributed by atoms with Crippen LogP contribution in [0.15, 0.2) is 36.4 Å². The molecular formula is C14H16N4O2. The molecule has 2 aromatic carbocycles. The monoisotopic (exact) mass is 272 g/mol. The Morgan fingerprint density at radius 1 is 1.10 bits per heavy atom. The van der Waals surface area contributed by atoms with Crippen molar-refractivity contribution >= 4 is 22.7 Å². The Bertz CT molecular complexity index is 656. The number of aryl methyl sites for hydroxylation is 2. The average Bonchev–Trinajstić information content (AvgIpc) is 2.41. The topological polar surface area (TPSA) is 93.2 Å². The number of nitrogens with one attached hydrogen (secondary N) is 2. The molecule has 0 saturated heterocycles. The van der Waals surface area contributed by atoms with Crippen molar-refractivity contribution in [2.24, 2.45) is 5.84 Å². The zero-order valence-corrected chi connectivity index (χ0v) is 11.3. The molecule has 0 heterocycles. The zero-order valence-electron chi connectivity index (χ0n) is 11.3. The number of anilines is 3. The lowest BCUT2D eigenvalue weighted by molar-refractivity contribution is -0.383. The second-order valence-corrected chi connectivity index (χ2v) is 4.55. The van der Waals surface area contributed by atoms with Gasteiger partial charge in [0.15, 0.2) is 0 Å². The molecule has 0 unspecified atom stereocenters. The Balaban J connectivity index is 2.45. The molecular weight excluding hydrogens is 256 g/mol. The fraction of sp³-hybridized carbons (Fsp3) is 0.143. The van der Waals surface area contributed by atoms with Gasteiger partial charge in [0.1, 0.15) is 11.4 Å². The van der Waals surface area contributed by atoms with E-state index in [0.29, 0.717) is 5.69 Å². The molecule has 2 rings (SSSR count). The number of hydrazine groups is 1. The summed E-state index contributed by atoms with van der Waals surface area (Å²) in [6.07, 6.45) is 0. The highest BCUT2D eigenvalue weighted by Gasteiger charge is 2.19. The molecule has 0 aromatic heterocycles. The Kier molecular flexibility index (Phi) is 3.86. The Morgan fingerprint density at radius 2 is 1.80 bits per heavy atom. The fourth-order valence-corrected chi connectivity index (χ4v) is 2.06. The quantitative estimate of drug-likeness (QED) is 0.451. The normalized spacial score (nSPS) is 10.2. The number of nitro benzene ring substituents is 1. The van der Waals surface area contributed by atoms with Gasteiger partial charge in [-0.25, -0.2) is 0 Å². The summed E-state index contributed by atoms with van der Waals surface area (Å²) in [5, 5.41) is 14.3. The summed E-state index contributed by atoms with van der Waals surface area (Å²) in [5.41, 5.74) is 5.92. The lowest BCUT2D eigenvalue weighted by Gasteiger charge is -2.12. The molecule has 0 spiro atoms. The molecule has 0 atom stereocenters. The lowest BCUT2D eigenvalue weighted by atomic mass is 10.1. The number of nitrogens with zero attached hydrogens (tertiary/aromatic N) is 1. The van der Waals surface area contributed by atoms with E-state index in [-0.39, 0.29) is 11.4 Å². The largest absolute Gasteiger partial charge is 0.350 e. The maximum Gasteiger partial charge on any atom is 0.316 e. The first kappa shape index (κ1) is 13.8. The molecule has 0 saturated carbocycles. The van der Waals surface area contributed by atoms with E-state index in [2.05, 4.69) is 10.7 Å². The van der Waals surface area contributed by atoms with Gasteiger partial charge in [-0.3, -0.25) is 16.0 Å². The van der Waals surface area contributed by atoms with E-state index in [4.69, 9.17) is 5.84 Å². The van der Waals surface area contributed by atoms with Crippen LogP contribution in [-0.4, -0.2) is 4.92 Å². The van der Waals surface area contributed by atoms with E-state index < -0.39 is 4.92 Å². The first-order chi connectivity index (χ1) is 9.52. The van der Waals surface area contributed by atoms with E-state index in [1.165, 1.54) is 0 Å². The minimum atomic E-state index is -0.457. The van der Waals surface area contributed by atoms with Crippen LogP contribution in [0.3, 0.4) is 0 Å². The number of para-hydroxylation sites is 1. The minimum Gasteiger partial charge on any atom is -0.350 e. The smallest absolute Gasteiger partial charge is 0.316 e. The van der Waals surface area contributed by atoms with Crippen molar-refractivity contribution in [3.05, 3.63) is 57.6 Å². The number of hydrogen-bond donors (Lipinski definition) is 3. The Labute approximate surface area is 116 Å². The molecule has 0 amide bonds. The zero-order chi connectivity index (χ0) is 14.7. The van der Waals surface area contributed by atoms with Crippen molar-refractivity contribution in [1.82, 2.24) is 0 Å². The second kappa shape index (κ2) is 5.58. The first-order valence-electron chi connectivity index (χ1n) is 6.11. The van der Waals surface area contributed by atoms with Crippen LogP contribution in [0.5, 0.6) is 0 Å². The van der Waals surface area contributed by atoms with E-state index in [0.717, 1.165) is 16.8 Å². The van der Waals surface area contributed by atoms with Crippen molar-refractivity contribution in [3.8, 4) is 0 Å². The maximum atomic E-state index is 11.2. The molecule has 0 radical (unpaired) electrons. The second-order valence-electron chi connectivity index (χ2n) is 4.55. The Morgan fingerprint density at radius 3 is 2.40 bits per heavy atom. The molecule has 0 aliphatic carbocycles. The molecule has 104 valence electrons. The van der Waals surface area contributed by atoms with Gasteiger partial charge < -0.3 is 10.7 Å². The van der Waals surface area contributed by atoms with Crippen LogP contribution in [0.4, 0.5) is 22.7 Å². The standard InChI is InChI=1S/C14H16N4O2/c1-9-6-7-11(10(2)8-9)16-12-4-3-5-13(17-15)14(12)18(19)20/h3-8,16-17H,15H2,1-2H3. The van der Waals surface area contributed by atoms with Gasteiger partial charge in [-0.05, 0) is 37.6 Å². The number of benzene rings is 2. The van der Waals surface area contributed by atoms with Gasteiger partial charge in [0.05, 0.1) is 4.92 Å². The highest BCUT2D eigenvalue weighted by molar-refractivity contribution is 5.80. The van der Waals surface area contributed by atoms with Gasteiger partial charge in [-0.2, -0.15) is 0 Å². The van der Waals surface area contributed by atoms with Crippen LogP contribution in [-0.2, 0) is 0 Å². The molecule has 0 bridgehead atoms. The summed E-state index contributed by atoms with van der Waals surface area (Å²) >= 11 is 0. The van der Waals surface area contributed by atoms with Gasteiger partial charge in [0.25, 0.3) is 0 Å². The van der Waals surface area contributed by atoms with E-state index in [1.807, 2.05) is 32.0 Å². The molecule has 4 N–H and O–H groups in total. The van der Waals surface area contributed by atoms with Crippen LogP contribution in [0, 0.1) is 24.0 Å². The predicted molar refractivity (Wildman–Crippen MR) is 80.1 cm³/mol. The van der Waals surface area contributed by atoms with Crippen molar-refractivity contribution in [2.75, 3.05) is 10.7 Å². The van der Waals surface area contributed by atoms with Crippen LogP contribution in [0.1, 0.15) is 11.1 Å².